The van der Waals surface area contributed by atoms with E-state index in [1.807, 2.05) is 11.3 Å². The van der Waals surface area contributed by atoms with Crippen molar-refractivity contribution in [3.63, 3.8) is 0 Å². The topological polar surface area (TPSA) is 0 Å². The van der Waals surface area contributed by atoms with Crippen LogP contribution in [0.15, 0.2) is 41.3 Å². The maximum atomic E-state index is 3.79. The lowest BCUT2D eigenvalue weighted by molar-refractivity contribution is 1.19. The van der Waals surface area contributed by atoms with Gasteiger partial charge in [-0.15, -0.1) is 23.1 Å². The van der Waals surface area contributed by atoms with Gasteiger partial charge in [0.15, 0.2) is 0 Å². The second kappa shape index (κ2) is 6.07. The van der Waals surface area contributed by atoms with Gasteiger partial charge >= 0.3 is 0 Å². The summed E-state index contributed by atoms with van der Waals surface area (Å²) >= 11 is 7.46. The molecule has 2 aromatic rings. The Bertz CT molecular complexity index is 473. The van der Waals surface area contributed by atoms with Crippen molar-refractivity contribution in [3.8, 4) is 0 Å². The van der Waals surface area contributed by atoms with Crippen LogP contribution in [-0.4, -0.2) is 6.26 Å². The largest absolute Gasteiger partial charge is 0.144 e. The summed E-state index contributed by atoms with van der Waals surface area (Å²) in [6.07, 6.45) is 3.23. The average molecular weight is 327 g/mol. The molecule has 90 valence electrons. The van der Waals surface area contributed by atoms with Crippen LogP contribution in [0.5, 0.6) is 0 Å². The third-order valence-electron chi connectivity index (χ3n) is 2.69. The molecule has 0 fully saturated rings. The van der Waals surface area contributed by atoms with E-state index < -0.39 is 0 Å². The van der Waals surface area contributed by atoms with Gasteiger partial charge in [-0.1, -0.05) is 35.0 Å². The van der Waals surface area contributed by atoms with Gasteiger partial charge in [-0.25, -0.2) is 0 Å². The molecule has 0 nitrogen and oxygen atoms in total. The summed E-state index contributed by atoms with van der Waals surface area (Å²) < 4.78 is 0. The number of thioether (sulfide) groups is 1. The molecule has 0 aliphatic carbocycles. The molecular formula is C14H15BrS2. The van der Waals surface area contributed by atoms with Crippen molar-refractivity contribution in [1.82, 2.24) is 0 Å². The molecule has 1 heterocycles. The van der Waals surface area contributed by atoms with Gasteiger partial charge in [-0.3, -0.25) is 0 Å². The number of hydrogen-bond acceptors (Lipinski definition) is 2. The summed E-state index contributed by atoms with van der Waals surface area (Å²) in [5.74, 6) is 0. The average Bonchev–Trinajstić information content (AvgIpc) is 2.87. The first-order valence-corrected chi connectivity index (χ1v) is 8.57. The Morgan fingerprint density at radius 2 is 1.88 bits per heavy atom. The van der Waals surface area contributed by atoms with Gasteiger partial charge in [-0.05, 0) is 42.5 Å². The Kier molecular flexibility index (Phi) is 4.71. The Morgan fingerprint density at radius 1 is 1.18 bits per heavy atom. The highest BCUT2D eigenvalue weighted by Gasteiger charge is 2.12. The Hall–Kier alpha value is -0.250. The van der Waals surface area contributed by atoms with Gasteiger partial charge in [0, 0.05) is 14.6 Å². The molecule has 0 radical (unpaired) electrons. The maximum Gasteiger partial charge on any atom is 0.0738 e. The van der Waals surface area contributed by atoms with Crippen molar-refractivity contribution < 1.29 is 0 Å². The van der Waals surface area contributed by atoms with Gasteiger partial charge in [0.05, 0.1) is 4.83 Å². The molecule has 1 unspecified atom stereocenters. The van der Waals surface area contributed by atoms with Crippen molar-refractivity contribution in [1.29, 1.82) is 0 Å². The van der Waals surface area contributed by atoms with Crippen LogP contribution >= 0.6 is 39.0 Å². The fraction of sp³-hybridized carbons (Fsp3) is 0.286. The van der Waals surface area contributed by atoms with Crippen LogP contribution in [0.3, 0.4) is 0 Å². The third kappa shape index (κ3) is 3.15. The fourth-order valence-electron chi connectivity index (χ4n) is 1.66. The van der Waals surface area contributed by atoms with Gasteiger partial charge in [0.25, 0.3) is 0 Å². The molecule has 1 aromatic carbocycles. The van der Waals surface area contributed by atoms with Crippen LogP contribution in [0.2, 0.25) is 0 Å². The van der Waals surface area contributed by atoms with Crippen molar-refractivity contribution in [2.75, 3.05) is 6.26 Å². The van der Waals surface area contributed by atoms with Gasteiger partial charge in [0.1, 0.15) is 0 Å². The molecule has 17 heavy (non-hydrogen) atoms. The van der Waals surface area contributed by atoms with E-state index in [1.165, 1.54) is 20.2 Å². The first kappa shape index (κ1) is 13.2. The normalized spacial score (nSPS) is 12.6. The highest BCUT2D eigenvalue weighted by atomic mass is 79.9. The van der Waals surface area contributed by atoms with Crippen molar-refractivity contribution in [2.45, 2.75) is 23.1 Å². The van der Waals surface area contributed by atoms with Crippen LogP contribution < -0.4 is 0 Å². The number of benzene rings is 1. The van der Waals surface area contributed by atoms with Gasteiger partial charge in [-0.2, -0.15) is 0 Å². The predicted molar refractivity (Wildman–Crippen MR) is 82.7 cm³/mol. The Balaban J connectivity index is 2.20. The molecule has 0 amide bonds. The van der Waals surface area contributed by atoms with E-state index in [0.717, 1.165) is 6.42 Å². The molecule has 0 aliphatic heterocycles. The highest BCUT2D eigenvalue weighted by Crippen LogP contribution is 2.35. The molecule has 0 saturated carbocycles. The van der Waals surface area contributed by atoms with E-state index in [0.29, 0.717) is 4.83 Å². The standard InChI is InChI=1S/C14H15BrS2/c1-3-11-8-9-13(17-11)14(15)10-4-6-12(16-2)7-5-10/h4-9,14H,3H2,1-2H3. The summed E-state index contributed by atoms with van der Waals surface area (Å²) in [4.78, 5) is 4.47. The molecule has 0 N–H and O–H groups in total. The van der Waals surface area contributed by atoms with E-state index in [-0.39, 0.29) is 0 Å². The molecule has 0 bridgehead atoms. The third-order valence-corrected chi connectivity index (χ3v) is 6.05. The van der Waals surface area contributed by atoms with Crippen LogP contribution in [0.25, 0.3) is 0 Å². The molecule has 3 heteroatoms. The first-order valence-electron chi connectivity index (χ1n) is 5.61. The maximum absolute atomic E-state index is 3.79. The number of aryl methyl sites for hydroxylation is 1. The number of rotatable bonds is 4. The zero-order chi connectivity index (χ0) is 12.3. The minimum Gasteiger partial charge on any atom is -0.144 e. The Labute approximate surface area is 120 Å². The molecule has 2 rings (SSSR count). The minimum atomic E-state index is 0.323. The van der Waals surface area contributed by atoms with Gasteiger partial charge in [0.2, 0.25) is 0 Å². The molecule has 0 saturated heterocycles. The van der Waals surface area contributed by atoms with Crippen LogP contribution in [0.1, 0.15) is 27.1 Å². The summed E-state index contributed by atoms with van der Waals surface area (Å²) in [6, 6.07) is 13.2. The van der Waals surface area contributed by atoms with Crippen LogP contribution in [0, 0.1) is 0 Å². The van der Waals surface area contributed by atoms with E-state index >= 15 is 0 Å². The van der Waals surface area contributed by atoms with Crippen molar-refractivity contribution in [3.05, 3.63) is 51.7 Å². The van der Waals surface area contributed by atoms with E-state index in [1.54, 1.807) is 11.8 Å². The van der Waals surface area contributed by atoms with Crippen LogP contribution in [-0.2, 0) is 6.42 Å². The molecule has 1 atom stereocenters. The zero-order valence-electron chi connectivity index (χ0n) is 9.94. The molecule has 1 aromatic heterocycles. The lowest BCUT2D eigenvalue weighted by atomic mass is 10.1. The number of hydrogen-bond donors (Lipinski definition) is 0. The first-order chi connectivity index (χ1) is 8.24. The van der Waals surface area contributed by atoms with E-state index in [2.05, 4.69) is 65.5 Å². The monoisotopic (exact) mass is 326 g/mol. The van der Waals surface area contributed by atoms with Crippen LogP contribution in [0.4, 0.5) is 0 Å². The second-order valence-corrected chi connectivity index (χ2v) is 6.79. The quantitative estimate of drug-likeness (QED) is 0.526. The van der Waals surface area contributed by atoms with Crippen molar-refractivity contribution >= 4 is 39.0 Å². The summed E-state index contributed by atoms with van der Waals surface area (Å²) in [5, 5.41) is 0. The zero-order valence-corrected chi connectivity index (χ0v) is 13.2. The summed E-state index contributed by atoms with van der Waals surface area (Å²) in [6.45, 7) is 2.20. The summed E-state index contributed by atoms with van der Waals surface area (Å²) in [7, 11) is 0. The highest BCUT2D eigenvalue weighted by molar-refractivity contribution is 9.09. The fourth-order valence-corrected chi connectivity index (χ4v) is 3.76. The number of alkyl halides is 1. The molecular weight excluding hydrogens is 312 g/mol. The van der Waals surface area contributed by atoms with Gasteiger partial charge < -0.3 is 0 Å². The Morgan fingerprint density at radius 3 is 2.41 bits per heavy atom. The molecule has 0 aliphatic rings. The predicted octanol–water partition coefficient (Wildman–Crippen LogP) is 5.52. The lowest BCUT2D eigenvalue weighted by Gasteiger charge is -2.08. The number of thiophene rings is 1. The molecule has 0 spiro atoms. The smallest absolute Gasteiger partial charge is 0.0738 e. The number of halogens is 1. The SMILES string of the molecule is CCc1ccc(C(Br)c2ccc(SC)cc2)s1. The summed E-state index contributed by atoms with van der Waals surface area (Å²) in [5.41, 5.74) is 1.33. The minimum absolute atomic E-state index is 0.323. The van der Waals surface area contributed by atoms with E-state index in [4.69, 9.17) is 0 Å². The lowest BCUT2D eigenvalue weighted by Crippen LogP contribution is -1.88. The van der Waals surface area contributed by atoms with Crippen molar-refractivity contribution in [2.24, 2.45) is 0 Å². The van der Waals surface area contributed by atoms with E-state index in [9.17, 15) is 0 Å². The second-order valence-electron chi connectivity index (χ2n) is 3.79.